The van der Waals surface area contributed by atoms with Crippen LogP contribution in [0.3, 0.4) is 0 Å². The summed E-state index contributed by atoms with van der Waals surface area (Å²) in [5.74, 6) is 0. The second-order valence-electron chi connectivity index (χ2n) is 3.97. The number of fused-ring (bicyclic) bond motifs is 1. The number of aromatic nitrogens is 1. The van der Waals surface area contributed by atoms with Crippen molar-refractivity contribution in [1.82, 2.24) is 9.29 Å². The third-order valence-corrected chi connectivity index (χ3v) is 4.69. The average Bonchev–Trinajstić information content (AvgIpc) is 2.38. The number of nitrogens with two attached hydrogens (primary N) is 1. The summed E-state index contributed by atoms with van der Waals surface area (Å²) in [7, 11) is -1.97. The number of likely N-dealkylation sites (N-methyl/N-ethyl adjacent to an activating group) is 1. The molecule has 0 aliphatic heterocycles. The van der Waals surface area contributed by atoms with Crippen molar-refractivity contribution in [2.45, 2.75) is 4.90 Å². The minimum atomic E-state index is -3.50. The van der Waals surface area contributed by atoms with Crippen LogP contribution in [0.25, 0.3) is 10.8 Å². The molecule has 20 heavy (non-hydrogen) atoms. The van der Waals surface area contributed by atoms with E-state index >= 15 is 0 Å². The first-order valence-corrected chi connectivity index (χ1v) is 7.00. The van der Waals surface area contributed by atoms with Gasteiger partial charge in [0.1, 0.15) is 0 Å². The minimum absolute atomic E-state index is 0. The number of benzene rings is 1. The Kier molecular flexibility index (Phi) is 7.40. The van der Waals surface area contributed by atoms with Crippen molar-refractivity contribution in [3.8, 4) is 0 Å². The topological polar surface area (TPSA) is 76.3 Å². The van der Waals surface area contributed by atoms with E-state index in [0.717, 1.165) is 5.39 Å². The van der Waals surface area contributed by atoms with Crippen LogP contribution in [0.1, 0.15) is 0 Å². The van der Waals surface area contributed by atoms with Crippen LogP contribution in [0.5, 0.6) is 0 Å². The Morgan fingerprint density at radius 1 is 1.25 bits per heavy atom. The summed E-state index contributed by atoms with van der Waals surface area (Å²) >= 11 is 0. The summed E-state index contributed by atoms with van der Waals surface area (Å²) in [4.78, 5) is 4.28. The molecule has 5 nitrogen and oxygen atoms in total. The number of rotatable bonds is 4. The van der Waals surface area contributed by atoms with E-state index in [1.54, 1.807) is 30.6 Å². The van der Waals surface area contributed by atoms with Crippen LogP contribution in [0.4, 0.5) is 0 Å². The van der Waals surface area contributed by atoms with E-state index in [1.165, 1.54) is 11.4 Å². The molecule has 0 aliphatic rings. The molecule has 0 aliphatic carbocycles. The largest absolute Gasteiger partial charge is 0.329 e. The van der Waals surface area contributed by atoms with Gasteiger partial charge in [-0.15, -0.1) is 24.8 Å². The van der Waals surface area contributed by atoms with Crippen molar-refractivity contribution in [2.75, 3.05) is 20.1 Å². The lowest BCUT2D eigenvalue weighted by atomic mass is 10.2. The van der Waals surface area contributed by atoms with E-state index in [0.29, 0.717) is 23.4 Å². The van der Waals surface area contributed by atoms with E-state index in [1.807, 2.05) is 6.07 Å². The fourth-order valence-corrected chi connectivity index (χ4v) is 3.18. The predicted molar refractivity (Wildman–Crippen MR) is 85.1 cm³/mol. The average molecular weight is 338 g/mol. The zero-order chi connectivity index (χ0) is 13.2. The molecule has 1 aromatic carbocycles. The highest BCUT2D eigenvalue weighted by atomic mass is 35.5. The summed E-state index contributed by atoms with van der Waals surface area (Å²) in [6.45, 7) is 0.589. The highest BCUT2D eigenvalue weighted by Gasteiger charge is 2.22. The van der Waals surface area contributed by atoms with Crippen molar-refractivity contribution in [3.63, 3.8) is 0 Å². The van der Waals surface area contributed by atoms with Gasteiger partial charge < -0.3 is 5.73 Å². The number of nitrogens with zero attached hydrogens (tertiary/aromatic N) is 2. The lowest BCUT2D eigenvalue weighted by molar-refractivity contribution is 0.477. The summed E-state index contributed by atoms with van der Waals surface area (Å²) in [6.07, 6.45) is 3.24. The molecule has 0 amide bonds. The maximum absolute atomic E-state index is 12.4. The third kappa shape index (κ3) is 3.59. The van der Waals surface area contributed by atoms with Crippen LogP contribution in [0.2, 0.25) is 0 Å². The van der Waals surface area contributed by atoms with E-state index < -0.39 is 10.0 Å². The Morgan fingerprint density at radius 3 is 2.60 bits per heavy atom. The van der Waals surface area contributed by atoms with Crippen LogP contribution in [0.15, 0.2) is 41.6 Å². The molecule has 2 aromatic rings. The zero-order valence-electron chi connectivity index (χ0n) is 10.9. The maximum Gasteiger partial charge on any atom is 0.243 e. The highest BCUT2D eigenvalue weighted by molar-refractivity contribution is 7.89. The van der Waals surface area contributed by atoms with Gasteiger partial charge in [-0.2, -0.15) is 4.31 Å². The molecule has 1 heterocycles. The quantitative estimate of drug-likeness (QED) is 0.920. The Morgan fingerprint density at radius 2 is 1.95 bits per heavy atom. The molecule has 0 bridgehead atoms. The second kappa shape index (κ2) is 7.75. The van der Waals surface area contributed by atoms with E-state index in [4.69, 9.17) is 5.73 Å². The van der Waals surface area contributed by atoms with Crippen molar-refractivity contribution in [1.29, 1.82) is 0 Å². The maximum atomic E-state index is 12.4. The van der Waals surface area contributed by atoms with Gasteiger partial charge in [-0.05, 0) is 12.1 Å². The number of hydrogen-bond donors (Lipinski definition) is 1. The van der Waals surface area contributed by atoms with Crippen LogP contribution < -0.4 is 5.73 Å². The van der Waals surface area contributed by atoms with Gasteiger partial charge in [0, 0.05) is 43.3 Å². The van der Waals surface area contributed by atoms with Gasteiger partial charge in [-0.3, -0.25) is 4.98 Å². The van der Waals surface area contributed by atoms with Crippen molar-refractivity contribution >= 4 is 45.6 Å². The monoisotopic (exact) mass is 337 g/mol. The number of sulfonamides is 1. The second-order valence-corrected chi connectivity index (χ2v) is 5.98. The Balaban J connectivity index is 0.00000180. The molecule has 0 unspecified atom stereocenters. The normalized spacial score (nSPS) is 10.9. The first-order chi connectivity index (χ1) is 8.57. The fraction of sp³-hybridized carbons (Fsp3) is 0.250. The molecular formula is C12H17Cl2N3O2S. The summed E-state index contributed by atoms with van der Waals surface area (Å²) in [5.41, 5.74) is 5.40. The molecule has 0 atom stereocenters. The molecule has 0 spiro atoms. The lowest BCUT2D eigenvalue weighted by Gasteiger charge is -2.17. The SMILES string of the molecule is CN(CCN)S(=O)(=O)c1cccc2cnccc12.Cl.Cl. The zero-order valence-corrected chi connectivity index (χ0v) is 13.3. The smallest absolute Gasteiger partial charge is 0.243 e. The van der Waals surface area contributed by atoms with E-state index in [2.05, 4.69) is 4.98 Å². The Bertz CT molecular complexity index is 659. The molecule has 0 fully saturated rings. The molecule has 112 valence electrons. The van der Waals surface area contributed by atoms with Gasteiger partial charge in [-0.25, -0.2) is 8.42 Å². The first-order valence-electron chi connectivity index (χ1n) is 5.56. The van der Waals surface area contributed by atoms with Crippen molar-refractivity contribution in [3.05, 3.63) is 36.7 Å². The van der Waals surface area contributed by atoms with Gasteiger partial charge in [-0.1, -0.05) is 12.1 Å². The molecule has 8 heteroatoms. The molecule has 2 rings (SSSR count). The molecule has 2 N–H and O–H groups in total. The molecular weight excluding hydrogens is 321 g/mol. The molecule has 1 aromatic heterocycles. The van der Waals surface area contributed by atoms with Gasteiger partial charge >= 0.3 is 0 Å². The van der Waals surface area contributed by atoms with Gasteiger partial charge in [0.05, 0.1) is 4.90 Å². The van der Waals surface area contributed by atoms with Crippen LogP contribution in [0, 0.1) is 0 Å². The standard InChI is InChI=1S/C12H15N3O2S.2ClH/c1-15(8-6-13)18(16,17)12-4-2-3-10-9-14-7-5-11(10)12;;/h2-5,7,9H,6,8,13H2,1H3;2*1H. The Hall–Kier alpha value is -0.920. The molecule has 0 radical (unpaired) electrons. The van der Waals surface area contributed by atoms with Crippen molar-refractivity contribution in [2.24, 2.45) is 5.73 Å². The lowest BCUT2D eigenvalue weighted by Crippen LogP contribution is -2.31. The molecule has 0 saturated carbocycles. The summed E-state index contributed by atoms with van der Waals surface area (Å²) in [6, 6.07) is 6.86. The van der Waals surface area contributed by atoms with Gasteiger partial charge in [0.25, 0.3) is 0 Å². The first kappa shape index (κ1) is 19.1. The third-order valence-electron chi connectivity index (χ3n) is 2.77. The van der Waals surface area contributed by atoms with Crippen molar-refractivity contribution < 1.29 is 8.42 Å². The molecule has 0 saturated heterocycles. The minimum Gasteiger partial charge on any atom is -0.329 e. The number of hydrogen-bond acceptors (Lipinski definition) is 4. The van der Waals surface area contributed by atoms with Crippen LogP contribution in [-0.2, 0) is 10.0 Å². The Labute approximate surface area is 131 Å². The predicted octanol–water partition coefficient (Wildman–Crippen LogP) is 1.66. The summed E-state index contributed by atoms with van der Waals surface area (Å²) in [5, 5.41) is 1.48. The fourth-order valence-electron chi connectivity index (χ4n) is 1.79. The number of pyridine rings is 1. The highest BCUT2D eigenvalue weighted by Crippen LogP contribution is 2.24. The van der Waals surface area contributed by atoms with Crippen LogP contribution in [-0.4, -0.2) is 37.8 Å². The van der Waals surface area contributed by atoms with Gasteiger partial charge in [0.2, 0.25) is 10.0 Å². The van der Waals surface area contributed by atoms with E-state index in [9.17, 15) is 8.42 Å². The number of halogens is 2. The summed E-state index contributed by atoms with van der Waals surface area (Å²) < 4.78 is 26.0. The van der Waals surface area contributed by atoms with Crippen LogP contribution >= 0.6 is 24.8 Å². The van der Waals surface area contributed by atoms with Gasteiger partial charge in [0.15, 0.2) is 0 Å². The van der Waals surface area contributed by atoms with E-state index in [-0.39, 0.29) is 24.8 Å².